The number of ketones is 1. The first-order valence-electron chi connectivity index (χ1n) is 8.98. The summed E-state index contributed by atoms with van der Waals surface area (Å²) in [5.74, 6) is -1.30. The van der Waals surface area contributed by atoms with Crippen LogP contribution in [0.2, 0.25) is 0 Å². The maximum atomic E-state index is 12.9. The van der Waals surface area contributed by atoms with Gasteiger partial charge in [0.1, 0.15) is 12.2 Å². The zero-order valence-corrected chi connectivity index (χ0v) is 15.0. The molecule has 1 aliphatic rings. The monoisotopic (exact) mass is 370 g/mol. The summed E-state index contributed by atoms with van der Waals surface area (Å²) in [4.78, 5) is 35.8. The average molecular weight is 370 g/mol. The van der Waals surface area contributed by atoms with Gasteiger partial charge in [-0.25, -0.2) is 0 Å². The van der Waals surface area contributed by atoms with Crippen LogP contribution in [0.5, 0.6) is 0 Å². The molecule has 5 heteroatoms. The summed E-state index contributed by atoms with van der Waals surface area (Å²) in [5.41, 5.74) is 4.14. The van der Waals surface area contributed by atoms with Crippen LogP contribution >= 0.6 is 0 Å². The largest absolute Gasteiger partial charge is 0.381 e. The van der Waals surface area contributed by atoms with E-state index in [1.165, 1.54) is 0 Å². The number of hydrogen-bond acceptors (Lipinski definition) is 4. The fourth-order valence-corrected chi connectivity index (χ4v) is 3.30. The minimum Gasteiger partial charge on any atom is -0.381 e. The maximum absolute atomic E-state index is 12.9. The number of rotatable bonds is 6. The van der Waals surface area contributed by atoms with E-state index >= 15 is 0 Å². The summed E-state index contributed by atoms with van der Waals surface area (Å²) in [6, 6.07) is 22.3. The van der Waals surface area contributed by atoms with Crippen molar-refractivity contribution in [3.8, 4) is 0 Å². The van der Waals surface area contributed by atoms with Gasteiger partial charge in [0, 0.05) is 29.0 Å². The van der Waals surface area contributed by atoms with Crippen LogP contribution in [0.1, 0.15) is 33.0 Å². The van der Waals surface area contributed by atoms with Crippen molar-refractivity contribution in [3.63, 3.8) is 0 Å². The van der Waals surface area contributed by atoms with Crippen LogP contribution in [0.25, 0.3) is 0 Å². The van der Waals surface area contributed by atoms with E-state index in [1.54, 1.807) is 24.3 Å². The minimum atomic E-state index is -0.801. The van der Waals surface area contributed by atoms with Gasteiger partial charge in [0.15, 0.2) is 5.78 Å². The third kappa shape index (κ3) is 3.42. The van der Waals surface area contributed by atoms with Crippen LogP contribution in [0.3, 0.4) is 0 Å². The minimum absolute atomic E-state index is 0.144. The molecule has 1 heterocycles. The second-order valence-electron chi connectivity index (χ2n) is 6.65. The number of anilines is 2. The molecule has 0 saturated carbocycles. The molecule has 5 nitrogen and oxygen atoms in total. The van der Waals surface area contributed by atoms with E-state index in [2.05, 4.69) is 10.6 Å². The van der Waals surface area contributed by atoms with E-state index in [0.29, 0.717) is 35.2 Å². The molecular weight excluding hydrogens is 352 g/mol. The van der Waals surface area contributed by atoms with Gasteiger partial charge >= 0.3 is 0 Å². The molecule has 0 fully saturated rings. The third-order valence-electron chi connectivity index (χ3n) is 4.79. The van der Waals surface area contributed by atoms with E-state index in [4.69, 9.17) is 0 Å². The summed E-state index contributed by atoms with van der Waals surface area (Å²) >= 11 is 0. The van der Waals surface area contributed by atoms with Gasteiger partial charge < -0.3 is 15.4 Å². The molecule has 2 N–H and O–H groups in total. The zero-order chi connectivity index (χ0) is 19.5. The molecule has 0 saturated heterocycles. The van der Waals surface area contributed by atoms with Crippen LogP contribution in [0.15, 0.2) is 72.8 Å². The van der Waals surface area contributed by atoms with Crippen molar-refractivity contribution < 1.29 is 14.4 Å². The fraction of sp³-hybridized carbons (Fsp3) is 0.0870. The predicted molar refractivity (Wildman–Crippen MR) is 108 cm³/mol. The molecule has 4 rings (SSSR count). The third-order valence-corrected chi connectivity index (χ3v) is 4.79. The standard InChI is InChI=1S/C23H18N2O3/c26-14-20-19-10-9-17(12-21(19)25-23(20)28)22(27)16-7-4-8-18(11-16)24-13-15-5-2-1-3-6-15/h1-12,14,20,24H,13H2,(H,25,28). The van der Waals surface area contributed by atoms with Crippen molar-refractivity contribution in [2.45, 2.75) is 12.5 Å². The summed E-state index contributed by atoms with van der Waals surface area (Å²) in [7, 11) is 0. The lowest BCUT2D eigenvalue weighted by Gasteiger charge is -2.09. The van der Waals surface area contributed by atoms with Crippen molar-refractivity contribution in [3.05, 3.63) is 95.1 Å². The van der Waals surface area contributed by atoms with Gasteiger partial charge in [-0.3, -0.25) is 9.59 Å². The number of nitrogens with one attached hydrogen (secondary N) is 2. The Hall–Kier alpha value is -3.73. The summed E-state index contributed by atoms with van der Waals surface area (Å²) in [5, 5.41) is 5.98. The molecule has 0 aromatic heterocycles. The first-order chi connectivity index (χ1) is 13.7. The highest BCUT2D eigenvalue weighted by atomic mass is 16.2. The Kier molecular flexibility index (Phi) is 4.72. The predicted octanol–water partition coefficient (Wildman–Crippen LogP) is 3.76. The molecule has 0 aliphatic carbocycles. The van der Waals surface area contributed by atoms with E-state index in [1.807, 2.05) is 48.5 Å². The number of benzene rings is 3. The van der Waals surface area contributed by atoms with Crippen LogP contribution < -0.4 is 10.6 Å². The molecule has 1 atom stereocenters. The normalized spacial score (nSPS) is 14.9. The first-order valence-corrected chi connectivity index (χ1v) is 8.98. The van der Waals surface area contributed by atoms with E-state index in [9.17, 15) is 14.4 Å². The number of carbonyl (C=O) groups excluding carboxylic acids is 3. The second-order valence-corrected chi connectivity index (χ2v) is 6.65. The van der Waals surface area contributed by atoms with E-state index in [0.717, 1.165) is 11.3 Å². The highest BCUT2D eigenvalue weighted by molar-refractivity contribution is 6.14. The first kappa shape index (κ1) is 17.7. The fourth-order valence-electron chi connectivity index (χ4n) is 3.30. The lowest BCUT2D eigenvalue weighted by atomic mass is 9.97. The number of hydrogen-bond donors (Lipinski definition) is 2. The Morgan fingerprint density at radius 2 is 1.75 bits per heavy atom. The summed E-state index contributed by atoms with van der Waals surface area (Å²) in [6.45, 7) is 0.663. The van der Waals surface area contributed by atoms with Crippen LogP contribution in [-0.2, 0) is 16.1 Å². The SMILES string of the molecule is O=CC1C(=O)Nc2cc(C(=O)c3cccc(NCc4ccccc4)c3)ccc21. The van der Waals surface area contributed by atoms with Gasteiger partial charge in [0.2, 0.25) is 5.91 Å². The van der Waals surface area contributed by atoms with Crippen LogP contribution in [0.4, 0.5) is 11.4 Å². The Labute approximate surface area is 162 Å². The van der Waals surface area contributed by atoms with Crippen molar-refractivity contribution in [2.75, 3.05) is 10.6 Å². The van der Waals surface area contributed by atoms with E-state index < -0.39 is 5.92 Å². The number of fused-ring (bicyclic) bond motifs is 1. The molecule has 0 spiro atoms. The van der Waals surface area contributed by atoms with Gasteiger partial charge in [-0.1, -0.05) is 54.6 Å². The molecule has 0 radical (unpaired) electrons. The Morgan fingerprint density at radius 3 is 2.54 bits per heavy atom. The molecule has 1 aliphatic heterocycles. The van der Waals surface area contributed by atoms with Gasteiger partial charge in [-0.15, -0.1) is 0 Å². The lowest BCUT2D eigenvalue weighted by Crippen LogP contribution is -2.12. The van der Waals surface area contributed by atoms with Gasteiger partial charge in [0.05, 0.1) is 0 Å². The van der Waals surface area contributed by atoms with Crippen LogP contribution in [0, 0.1) is 0 Å². The second kappa shape index (κ2) is 7.48. The van der Waals surface area contributed by atoms with Crippen molar-refractivity contribution >= 4 is 29.4 Å². The topological polar surface area (TPSA) is 75.3 Å². The molecule has 1 unspecified atom stereocenters. The quantitative estimate of drug-likeness (QED) is 0.394. The molecule has 138 valence electrons. The van der Waals surface area contributed by atoms with Gasteiger partial charge in [-0.2, -0.15) is 0 Å². The highest BCUT2D eigenvalue weighted by Crippen LogP contribution is 2.32. The van der Waals surface area contributed by atoms with E-state index in [-0.39, 0.29) is 11.7 Å². The van der Waals surface area contributed by atoms with Gasteiger partial charge in [0.25, 0.3) is 0 Å². The van der Waals surface area contributed by atoms with Crippen LogP contribution in [-0.4, -0.2) is 18.0 Å². The molecule has 3 aromatic carbocycles. The maximum Gasteiger partial charge on any atom is 0.239 e. The Balaban J connectivity index is 1.53. The molecule has 1 amide bonds. The molecular formula is C23H18N2O3. The molecule has 28 heavy (non-hydrogen) atoms. The van der Waals surface area contributed by atoms with Crippen molar-refractivity contribution in [1.29, 1.82) is 0 Å². The summed E-state index contributed by atoms with van der Waals surface area (Å²) in [6.07, 6.45) is 0.616. The molecule has 0 bridgehead atoms. The highest BCUT2D eigenvalue weighted by Gasteiger charge is 2.30. The van der Waals surface area contributed by atoms with Crippen molar-refractivity contribution in [1.82, 2.24) is 0 Å². The lowest BCUT2D eigenvalue weighted by molar-refractivity contribution is -0.121. The zero-order valence-electron chi connectivity index (χ0n) is 15.0. The summed E-state index contributed by atoms with van der Waals surface area (Å²) < 4.78 is 0. The van der Waals surface area contributed by atoms with Crippen molar-refractivity contribution in [2.24, 2.45) is 0 Å². The Bertz CT molecular complexity index is 1060. The number of aldehydes is 1. The average Bonchev–Trinajstić information content (AvgIpc) is 3.06. The molecule has 3 aromatic rings. The Morgan fingerprint density at radius 1 is 0.964 bits per heavy atom. The number of amides is 1. The number of carbonyl (C=O) groups is 3. The smallest absolute Gasteiger partial charge is 0.239 e. The van der Waals surface area contributed by atoms with Gasteiger partial charge in [-0.05, 0) is 29.3 Å².